The monoisotopic (exact) mass is 825 g/mol. The standard InChI is InChI=1S/C49H48N2O10/c1-29(2)47(54)59-25-32(7)50(38-17-21-40(22-18-38)57-27-42-28-58-42)36-13-9-34(10-14-36)43-45(52)44(46(43)53)35-11-15-37(16-12-35)51(33(8)26-60-48(55)30(3)4)39-19-23-41(24-20-39)61-49(56)31(5)6/h9-24,32-33,42H,1,3,5,25-28H2,2,4,6-8H3/p+1. The van der Waals surface area contributed by atoms with E-state index in [1.54, 1.807) is 69.3 Å². The molecule has 2 aliphatic carbocycles. The molecular formula is C49H49N2O10+. The van der Waals surface area contributed by atoms with E-state index in [4.69, 9.17) is 23.7 Å². The molecule has 0 spiro atoms. The molecule has 314 valence electrons. The van der Waals surface area contributed by atoms with Gasteiger partial charge in [0.25, 0.3) is 0 Å². The van der Waals surface area contributed by atoms with Gasteiger partial charge in [0.15, 0.2) is 12.6 Å². The van der Waals surface area contributed by atoms with Crippen molar-refractivity contribution >= 4 is 52.0 Å². The lowest BCUT2D eigenvalue weighted by Crippen LogP contribution is -2.33. The molecule has 6 rings (SSSR count). The number of epoxide rings is 1. The summed E-state index contributed by atoms with van der Waals surface area (Å²) in [7, 11) is 0. The van der Waals surface area contributed by atoms with Crippen molar-refractivity contribution in [3.63, 3.8) is 0 Å². The maximum absolute atomic E-state index is 13.7. The van der Waals surface area contributed by atoms with Crippen LogP contribution in [0.25, 0.3) is 5.57 Å². The highest BCUT2D eigenvalue weighted by atomic mass is 16.6. The fraction of sp³-hybridized carbons (Fsp3) is 0.245. The largest absolute Gasteiger partial charge is 0.506 e. The minimum absolute atomic E-state index is 0.0400. The smallest absolute Gasteiger partial charge is 0.338 e. The zero-order valence-corrected chi connectivity index (χ0v) is 34.9. The molecule has 1 saturated heterocycles. The van der Waals surface area contributed by atoms with E-state index in [0.717, 1.165) is 11.4 Å². The van der Waals surface area contributed by atoms with Gasteiger partial charge in [-0.15, -0.1) is 0 Å². The van der Waals surface area contributed by atoms with Gasteiger partial charge in [0.05, 0.1) is 23.8 Å². The van der Waals surface area contributed by atoms with Gasteiger partial charge in [0.1, 0.15) is 36.6 Å². The van der Waals surface area contributed by atoms with Gasteiger partial charge >= 0.3 is 17.9 Å². The summed E-state index contributed by atoms with van der Waals surface area (Å²) in [6, 6.07) is 21.0. The fourth-order valence-corrected chi connectivity index (χ4v) is 6.55. The first-order valence-electron chi connectivity index (χ1n) is 19.7. The molecule has 0 aromatic heterocycles. The molecule has 0 radical (unpaired) electrons. The van der Waals surface area contributed by atoms with E-state index in [0.29, 0.717) is 52.8 Å². The van der Waals surface area contributed by atoms with Crippen molar-refractivity contribution in [2.24, 2.45) is 0 Å². The third kappa shape index (κ3) is 10.4. The molecule has 1 N–H and O–H groups in total. The summed E-state index contributed by atoms with van der Waals surface area (Å²) >= 11 is 0. The number of esters is 3. The van der Waals surface area contributed by atoms with E-state index in [2.05, 4.69) is 19.7 Å². The maximum Gasteiger partial charge on any atom is 0.338 e. The summed E-state index contributed by atoms with van der Waals surface area (Å²) in [5, 5.41) is 11.3. The van der Waals surface area contributed by atoms with Crippen molar-refractivity contribution in [3.05, 3.63) is 156 Å². The Kier molecular flexibility index (Phi) is 13.5. The molecule has 3 unspecified atom stereocenters. The Bertz CT molecular complexity index is 2410. The van der Waals surface area contributed by atoms with Crippen LogP contribution in [0.1, 0.15) is 40.2 Å². The summed E-state index contributed by atoms with van der Waals surface area (Å²) in [6.45, 7) is 20.8. The SMILES string of the molecule is C=C(C)C(=O)OCC(C)N(c1ccc(OCC2CO2)cc1)c1ccc(C2=C(O)C(=C3C=CC(=[N+](c4ccc(OC(=O)C(=C)C)cc4)C(C)COC(=O)C(=C)C)C=C3)C2=O)cc1. The van der Waals surface area contributed by atoms with Crippen LogP contribution in [0.3, 0.4) is 0 Å². The average molecular weight is 826 g/mol. The van der Waals surface area contributed by atoms with E-state index in [9.17, 15) is 24.3 Å². The van der Waals surface area contributed by atoms with E-state index in [1.165, 1.54) is 0 Å². The van der Waals surface area contributed by atoms with Crippen molar-refractivity contribution in [2.75, 3.05) is 31.3 Å². The summed E-state index contributed by atoms with van der Waals surface area (Å²) in [6.07, 6.45) is 7.24. The normalized spacial score (nSPS) is 16.2. The quantitative estimate of drug-likeness (QED) is 0.0463. The molecule has 3 aliphatic rings. The third-order valence-electron chi connectivity index (χ3n) is 9.91. The Labute approximate surface area is 355 Å². The number of ketones is 1. The van der Waals surface area contributed by atoms with Crippen molar-refractivity contribution in [3.8, 4) is 11.5 Å². The highest BCUT2D eigenvalue weighted by Gasteiger charge is 2.37. The molecule has 1 aliphatic heterocycles. The molecule has 1 fully saturated rings. The van der Waals surface area contributed by atoms with Crippen LogP contribution in [0.15, 0.2) is 150 Å². The molecule has 0 bridgehead atoms. The molecule has 3 aromatic carbocycles. The van der Waals surface area contributed by atoms with Gasteiger partial charge < -0.3 is 33.7 Å². The first-order chi connectivity index (χ1) is 29.1. The van der Waals surface area contributed by atoms with Crippen molar-refractivity contribution in [1.82, 2.24) is 0 Å². The molecule has 12 heteroatoms. The number of nitrogens with zero attached hydrogens (tertiary/aromatic N) is 2. The van der Waals surface area contributed by atoms with Gasteiger partial charge in [-0.25, -0.2) is 14.4 Å². The lowest BCUT2D eigenvalue weighted by atomic mass is 9.80. The minimum atomic E-state index is -0.540. The van der Waals surface area contributed by atoms with Crippen LogP contribution in [0.4, 0.5) is 17.1 Å². The number of Topliss-reactive ketones (excluding diaryl/α,β-unsaturated/α-hetero) is 1. The maximum atomic E-state index is 13.7. The number of anilines is 2. The van der Waals surface area contributed by atoms with Crippen LogP contribution in [-0.2, 0) is 33.4 Å². The predicted molar refractivity (Wildman–Crippen MR) is 232 cm³/mol. The number of aliphatic hydroxyl groups is 1. The number of aliphatic hydroxyl groups excluding tert-OH is 1. The predicted octanol–water partition coefficient (Wildman–Crippen LogP) is 8.16. The molecule has 12 nitrogen and oxygen atoms in total. The van der Waals surface area contributed by atoms with Crippen molar-refractivity contribution < 1.29 is 52.5 Å². The number of ether oxygens (including phenoxy) is 5. The van der Waals surface area contributed by atoms with Gasteiger partial charge in [0, 0.05) is 59.3 Å². The van der Waals surface area contributed by atoms with Gasteiger partial charge in [0.2, 0.25) is 17.2 Å². The van der Waals surface area contributed by atoms with E-state index in [1.807, 2.05) is 71.9 Å². The van der Waals surface area contributed by atoms with E-state index in [-0.39, 0.29) is 65.2 Å². The Morgan fingerprint density at radius 3 is 1.80 bits per heavy atom. The Balaban J connectivity index is 1.25. The first-order valence-corrected chi connectivity index (χ1v) is 19.7. The summed E-state index contributed by atoms with van der Waals surface area (Å²) in [4.78, 5) is 52.3. The Morgan fingerprint density at radius 1 is 0.754 bits per heavy atom. The molecule has 61 heavy (non-hydrogen) atoms. The zero-order chi connectivity index (χ0) is 44.0. The number of hydrogen-bond acceptors (Lipinski definition) is 11. The fourth-order valence-electron chi connectivity index (χ4n) is 6.55. The molecule has 0 amide bonds. The number of benzene rings is 3. The van der Waals surface area contributed by atoms with E-state index >= 15 is 0 Å². The van der Waals surface area contributed by atoms with E-state index < -0.39 is 17.9 Å². The number of allylic oxidation sites excluding steroid dienone is 7. The topological polar surface area (TPSA) is 144 Å². The second-order valence-electron chi connectivity index (χ2n) is 15.1. The van der Waals surface area contributed by atoms with Gasteiger partial charge in [-0.05, 0) is 99.5 Å². The van der Waals surface area contributed by atoms with Crippen LogP contribution < -0.4 is 14.4 Å². The highest BCUT2D eigenvalue weighted by molar-refractivity contribution is 6.39. The minimum Gasteiger partial charge on any atom is -0.506 e. The molecule has 3 atom stereocenters. The Morgan fingerprint density at radius 2 is 1.28 bits per heavy atom. The molecular weight excluding hydrogens is 777 g/mol. The number of hydrogen-bond donors (Lipinski definition) is 1. The lowest BCUT2D eigenvalue weighted by molar-refractivity contribution is -0.482. The van der Waals surface area contributed by atoms with Gasteiger partial charge in [-0.2, -0.15) is 4.58 Å². The highest BCUT2D eigenvalue weighted by Crippen LogP contribution is 2.40. The molecule has 0 saturated carbocycles. The second-order valence-corrected chi connectivity index (χ2v) is 15.1. The second kappa shape index (κ2) is 18.9. The first kappa shape index (κ1) is 43.5. The van der Waals surface area contributed by atoms with Gasteiger partial charge in [-0.1, -0.05) is 31.9 Å². The van der Waals surface area contributed by atoms with Crippen molar-refractivity contribution in [1.29, 1.82) is 0 Å². The number of carbonyl (C=O) groups excluding carboxylic acids is 4. The van der Waals surface area contributed by atoms with Crippen LogP contribution in [0, 0.1) is 0 Å². The number of carbonyl (C=O) groups is 4. The summed E-state index contributed by atoms with van der Waals surface area (Å²) in [5.74, 6) is -0.921. The van der Waals surface area contributed by atoms with Gasteiger partial charge in [-0.3, -0.25) is 4.79 Å². The zero-order valence-electron chi connectivity index (χ0n) is 34.9. The van der Waals surface area contributed by atoms with Crippen LogP contribution >= 0.6 is 0 Å². The summed E-state index contributed by atoms with van der Waals surface area (Å²) in [5.41, 5.74) is 5.32. The van der Waals surface area contributed by atoms with Crippen LogP contribution in [-0.4, -0.2) is 83.7 Å². The third-order valence-corrected chi connectivity index (χ3v) is 9.91. The van der Waals surface area contributed by atoms with Crippen LogP contribution in [0.2, 0.25) is 0 Å². The molecule has 1 heterocycles. The van der Waals surface area contributed by atoms with Crippen molar-refractivity contribution in [2.45, 2.75) is 52.8 Å². The Hall–Kier alpha value is -7.05. The summed E-state index contributed by atoms with van der Waals surface area (Å²) < 4.78 is 29.4. The number of rotatable bonds is 17. The van der Waals surface area contributed by atoms with Crippen LogP contribution in [0.5, 0.6) is 11.5 Å². The average Bonchev–Trinajstić information content (AvgIpc) is 4.08. The lowest BCUT2D eigenvalue weighted by Gasteiger charge is -2.32. The molecule has 3 aromatic rings.